The number of hydrogen-bond donors (Lipinski definition) is 2. The maximum atomic E-state index is 12.5. The first kappa shape index (κ1) is 14.8. The number of carbonyl (C=O) groups is 1. The van der Waals surface area contributed by atoms with Crippen LogP contribution in [-0.4, -0.2) is 10.9 Å². The largest absolute Gasteiger partial charge is 0.361 e. The van der Waals surface area contributed by atoms with Gasteiger partial charge in [-0.1, -0.05) is 35.9 Å². The van der Waals surface area contributed by atoms with E-state index in [0.717, 1.165) is 33.6 Å². The summed E-state index contributed by atoms with van der Waals surface area (Å²) in [4.78, 5) is 15.7. The molecule has 2 heterocycles. The molecule has 0 bridgehead atoms. The van der Waals surface area contributed by atoms with Crippen molar-refractivity contribution in [1.29, 1.82) is 0 Å². The second-order valence-corrected chi connectivity index (χ2v) is 6.26. The standard InChI is InChI=1S/C20H15ClN2O/c1-12-8-9-22-18(12)11-16-19-15(13-4-2-5-14(21)10-13)6-3-7-17(19)23-20(16)24/h2-11,22H,1H3,(H,23,24)/b16-11-. The number of halogens is 1. The number of carbonyl (C=O) groups excluding carboxylic acids is 1. The Hall–Kier alpha value is -2.78. The fourth-order valence-electron chi connectivity index (χ4n) is 3.04. The molecule has 0 fully saturated rings. The number of benzene rings is 2. The summed E-state index contributed by atoms with van der Waals surface area (Å²) in [6, 6.07) is 15.5. The predicted octanol–water partition coefficient (Wildman–Crippen LogP) is 5.14. The molecule has 0 saturated carbocycles. The van der Waals surface area contributed by atoms with Crippen molar-refractivity contribution in [1.82, 2.24) is 4.98 Å². The molecule has 0 atom stereocenters. The first-order valence-corrected chi connectivity index (χ1v) is 8.07. The van der Waals surface area contributed by atoms with Crippen molar-refractivity contribution in [2.45, 2.75) is 6.92 Å². The summed E-state index contributed by atoms with van der Waals surface area (Å²) in [5.41, 5.74) is 6.42. The van der Waals surface area contributed by atoms with Crippen LogP contribution in [-0.2, 0) is 4.79 Å². The predicted molar refractivity (Wildman–Crippen MR) is 98.9 cm³/mol. The summed E-state index contributed by atoms with van der Waals surface area (Å²) in [6.07, 6.45) is 3.78. The maximum absolute atomic E-state index is 12.5. The van der Waals surface area contributed by atoms with Crippen molar-refractivity contribution in [3.05, 3.63) is 76.6 Å². The van der Waals surface area contributed by atoms with Crippen molar-refractivity contribution in [3.63, 3.8) is 0 Å². The molecule has 0 saturated heterocycles. The van der Waals surface area contributed by atoms with Crippen LogP contribution in [0.25, 0.3) is 22.8 Å². The van der Waals surface area contributed by atoms with Gasteiger partial charge in [0.2, 0.25) is 0 Å². The summed E-state index contributed by atoms with van der Waals surface area (Å²) in [6.45, 7) is 2.01. The summed E-state index contributed by atoms with van der Waals surface area (Å²) >= 11 is 6.14. The van der Waals surface area contributed by atoms with Crippen molar-refractivity contribution >= 4 is 34.8 Å². The Morgan fingerprint density at radius 2 is 1.92 bits per heavy atom. The van der Waals surface area contributed by atoms with Gasteiger partial charge in [0.05, 0.1) is 5.57 Å². The van der Waals surface area contributed by atoms with Gasteiger partial charge in [-0.05, 0) is 54.0 Å². The third kappa shape index (κ3) is 2.43. The zero-order valence-corrected chi connectivity index (χ0v) is 13.8. The Kier molecular flexibility index (Phi) is 3.51. The quantitative estimate of drug-likeness (QED) is 0.626. The van der Waals surface area contributed by atoms with E-state index in [-0.39, 0.29) is 5.91 Å². The minimum atomic E-state index is -0.0894. The number of fused-ring (bicyclic) bond motifs is 1. The zero-order chi connectivity index (χ0) is 16.7. The number of H-pyrrole nitrogens is 1. The number of aryl methyl sites for hydroxylation is 1. The zero-order valence-electron chi connectivity index (χ0n) is 13.1. The number of amides is 1. The van der Waals surface area contributed by atoms with E-state index in [9.17, 15) is 4.79 Å². The molecule has 118 valence electrons. The van der Waals surface area contributed by atoms with Gasteiger partial charge in [-0.2, -0.15) is 0 Å². The third-order valence-electron chi connectivity index (χ3n) is 4.25. The van der Waals surface area contributed by atoms with Crippen molar-refractivity contribution < 1.29 is 4.79 Å². The van der Waals surface area contributed by atoms with Gasteiger partial charge in [0.15, 0.2) is 0 Å². The topological polar surface area (TPSA) is 44.9 Å². The van der Waals surface area contributed by atoms with Gasteiger partial charge >= 0.3 is 0 Å². The first-order valence-electron chi connectivity index (χ1n) is 7.70. The summed E-state index contributed by atoms with van der Waals surface area (Å²) in [5, 5.41) is 3.62. The van der Waals surface area contributed by atoms with Crippen molar-refractivity contribution in [2.75, 3.05) is 5.32 Å². The van der Waals surface area contributed by atoms with Gasteiger partial charge in [0, 0.05) is 28.2 Å². The highest BCUT2D eigenvalue weighted by molar-refractivity contribution is 6.36. The average Bonchev–Trinajstić information content (AvgIpc) is 3.11. The van der Waals surface area contributed by atoms with Gasteiger partial charge in [-0.25, -0.2) is 0 Å². The van der Waals surface area contributed by atoms with Gasteiger partial charge < -0.3 is 10.3 Å². The highest BCUT2D eigenvalue weighted by Crippen LogP contribution is 2.40. The van der Waals surface area contributed by atoms with Crippen LogP contribution < -0.4 is 5.32 Å². The molecule has 0 spiro atoms. The number of aromatic nitrogens is 1. The van der Waals surface area contributed by atoms with Crippen LogP contribution in [0.5, 0.6) is 0 Å². The van der Waals surface area contributed by atoms with E-state index in [2.05, 4.69) is 10.3 Å². The Bertz CT molecular complexity index is 985. The van der Waals surface area contributed by atoms with Gasteiger partial charge in [0.25, 0.3) is 5.91 Å². The molecule has 0 aliphatic carbocycles. The number of rotatable bonds is 2. The lowest BCUT2D eigenvalue weighted by Gasteiger charge is -2.09. The minimum absolute atomic E-state index is 0.0894. The molecular formula is C20H15ClN2O. The molecule has 1 amide bonds. The molecule has 3 nitrogen and oxygen atoms in total. The SMILES string of the molecule is Cc1cc[nH]c1/C=C1\C(=O)Nc2cccc(-c3cccc(Cl)c3)c21. The van der Waals surface area contributed by atoms with Crippen molar-refractivity contribution in [3.8, 4) is 11.1 Å². The second-order valence-electron chi connectivity index (χ2n) is 5.82. The van der Waals surface area contributed by atoms with Crippen LogP contribution in [0, 0.1) is 6.92 Å². The van der Waals surface area contributed by atoms with Crippen LogP contribution in [0.15, 0.2) is 54.7 Å². The number of aromatic amines is 1. The van der Waals surface area contributed by atoms with Crippen LogP contribution in [0.4, 0.5) is 5.69 Å². The van der Waals surface area contributed by atoms with Crippen LogP contribution in [0.3, 0.4) is 0 Å². The molecule has 0 radical (unpaired) electrons. The fourth-order valence-corrected chi connectivity index (χ4v) is 3.23. The Labute approximate surface area is 145 Å². The molecule has 1 aliphatic heterocycles. The molecule has 4 rings (SSSR count). The first-order chi connectivity index (χ1) is 11.6. The van der Waals surface area contributed by atoms with Gasteiger partial charge in [0.1, 0.15) is 0 Å². The number of hydrogen-bond acceptors (Lipinski definition) is 1. The molecule has 0 unspecified atom stereocenters. The van der Waals surface area contributed by atoms with E-state index in [4.69, 9.17) is 11.6 Å². The summed E-state index contributed by atoms with van der Waals surface area (Å²) in [7, 11) is 0. The summed E-state index contributed by atoms with van der Waals surface area (Å²) in [5.74, 6) is -0.0894. The van der Waals surface area contributed by atoms with E-state index in [0.29, 0.717) is 10.6 Å². The molecular weight excluding hydrogens is 320 g/mol. The van der Waals surface area contributed by atoms with Crippen molar-refractivity contribution in [2.24, 2.45) is 0 Å². The van der Waals surface area contributed by atoms with Crippen LogP contribution >= 0.6 is 11.6 Å². The smallest absolute Gasteiger partial charge is 0.256 e. The van der Waals surface area contributed by atoms with E-state index in [1.165, 1.54) is 0 Å². The van der Waals surface area contributed by atoms with E-state index >= 15 is 0 Å². The van der Waals surface area contributed by atoms with E-state index in [1.807, 2.05) is 67.7 Å². The lowest BCUT2D eigenvalue weighted by Crippen LogP contribution is -2.03. The molecule has 24 heavy (non-hydrogen) atoms. The molecule has 4 heteroatoms. The summed E-state index contributed by atoms with van der Waals surface area (Å²) < 4.78 is 0. The van der Waals surface area contributed by atoms with E-state index in [1.54, 1.807) is 0 Å². The average molecular weight is 335 g/mol. The Morgan fingerprint density at radius 1 is 1.08 bits per heavy atom. The molecule has 1 aliphatic rings. The lowest BCUT2D eigenvalue weighted by atomic mass is 9.94. The Morgan fingerprint density at radius 3 is 2.67 bits per heavy atom. The maximum Gasteiger partial charge on any atom is 0.256 e. The van der Waals surface area contributed by atoms with Gasteiger partial charge in [-0.15, -0.1) is 0 Å². The number of nitrogens with one attached hydrogen (secondary N) is 2. The normalized spacial score (nSPS) is 14.8. The van der Waals surface area contributed by atoms with Crippen LogP contribution in [0.2, 0.25) is 5.02 Å². The highest BCUT2D eigenvalue weighted by Gasteiger charge is 2.27. The fraction of sp³-hybridized carbons (Fsp3) is 0.0500. The number of anilines is 1. The van der Waals surface area contributed by atoms with E-state index < -0.39 is 0 Å². The molecule has 1 aromatic heterocycles. The Balaban J connectivity index is 1.93. The van der Waals surface area contributed by atoms with Crippen LogP contribution in [0.1, 0.15) is 16.8 Å². The second kappa shape index (κ2) is 5.69. The molecule has 3 aromatic rings. The molecule has 2 aromatic carbocycles. The lowest BCUT2D eigenvalue weighted by molar-refractivity contribution is -0.110. The minimum Gasteiger partial charge on any atom is -0.361 e. The highest BCUT2D eigenvalue weighted by atomic mass is 35.5. The third-order valence-corrected chi connectivity index (χ3v) is 4.48. The molecule has 2 N–H and O–H groups in total. The monoisotopic (exact) mass is 334 g/mol. The van der Waals surface area contributed by atoms with Gasteiger partial charge in [-0.3, -0.25) is 4.79 Å².